The third-order valence-electron chi connectivity index (χ3n) is 3.74. The first-order valence-corrected chi connectivity index (χ1v) is 7.29. The minimum absolute atomic E-state index is 0.167. The first-order valence-electron chi connectivity index (χ1n) is 7.29. The van der Waals surface area contributed by atoms with Crippen molar-refractivity contribution >= 4 is 11.6 Å². The molecule has 0 spiro atoms. The zero-order valence-electron chi connectivity index (χ0n) is 11.7. The zero-order valence-corrected chi connectivity index (χ0v) is 11.7. The van der Waals surface area contributed by atoms with Gasteiger partial charge in [-0.05, 0) is 25.0 Å². The molecule has 1 atom stereocenters. The van der Waals surface area contributed by atoms with E-state index in [9.17, 15) is 0 Å². The Morgan fingerprint density at radius 1 is 1.35 bits per heavy atom. The van der Waals surface area contributed by atoms with Crippen LogP contribution < -0.4 is 11.1 Å². The molecule has 5 nitrogen and oxygen atoms in total. The molecule has 1 unspecified atom stereocenters. The number of hydrogen-bond acceptors (Lipinski definition) is 3. The Kier molecular flexibility index (Phi) is 4.18. The summed E-state index contributed by atoms with van der Waals surface area (Å²) in [5, 5.41) is 3.09. The van der Waals surface area contributed by atoms with Crippen molar-refractivity contribution in [3.05, 3.63) is 30.3 Å². The zero-order chi connectivity index (χ0) is 13.8. The number of nitrogens with zero attached hydrogens (tertiary/aromatic N) is 2. The van der Waals surface area contributed by atoms with Gasteiger partial charge in [-0.2, -0.15) is 0 Å². The highest BCUT2D eigenvalue weighted by molar-refractivity contribution is 5.92. The number of guanidine groups is 1. The van der Waals surface area contributed by atoms with Crippen molar-refractivity contribution in [3.8, 4) is 0 Å². The van der Waals surface area contributed by atoms with E-state index >= 15 is 0 Å². The smallest absolute Gasteiger partial charge is 0.193 e. The second-order valence-corrected chi connectivity index (χ2v) is 5.44. The molecule has 0 bridgehead atoms. The molecule has 0 radical (unpaired) electrons. The fourth-order valence-corrected chi connectivity index (χ4v) is 2.53. The predicted octanol–water partition coefficient (Wildman–Crippen LogP) is 1.28. The summed E-state index contributed by atoms with van der Waals surface area (Å²) >= 11 is 0. The van der Waals surface area contributed by atoms with Crippen LogP contribution in [0.15, 0.2) is 35.3 Å². The van der Waals surface area contributed by atoms with Gasteiger partial charge in [-0.3, -0.25) is 9.89 Å². The quantitative estimate of drug-likeness (QED) is 0.641. The maximum absolute atomic E-state index is 5.90. The molecule has 1 saturated heterocycles. The Balaban J connectivity index is 1.48. The largest absolute Gasteiger partial charge is 0.374 e. The van der Waals surface area contributed by atoms with E-state index in [1.807, 2.05) is 30.3 Å². The molecule has 1 aliphatic carbocycles. The lowest BCUT2D eigenvalue weighted by Crippen LogP contribution is -2.45. The Bertz CT molecular complexity index is 458. The van der Waals surface area contributed by atoms with Gasteiger partial charge in [0.2, 0.25) is 0 Å². The van der Waals surface area contributed by atoms with Gasteiger partial charge in [-0.25, -0.2) is 0 Å². The van der Waals surface area contributed by atoms with Crippen molar-refractivity contribution in [2.75, 3.05) is 31.6 Å². The van der Waals surface area contributed by atoms with Crippen LogP contribution in [0.4, 0.5) is 5.69 Å². The number of anilines is 1. The third-order valence-corrected chi connectivity index (χ3v) is 3.74. The molecule has 3 rings (SSSR count). The molecule has 5 heteroatoms. The topological polar surface area (TPSA) is 62.9 Å². The summed E-state index contributed by atoms with van der Waals surface area (Å²) in [6.07, 6.45) is 2.85. The lowest BCUT2D eigenvalue weighted by Gasteiger charge is -2.32. The summed E-state index contributed by atoms with van der Waals surface area (Å²) in [5.74, 6) is 0.448. The number of morpholine rings is 1. The van der Waals surface area contributed by atoms with Gasteiger partial charge in [-0.15, -0.1) is 0 Å². The molecule has 0 aromatic heterocycles. The van der Waals surface area contributed by atoms with E-state index < -0.39 is 0 Å². The van der Waals surface area contributed by atoms with Crippen molar-refractivity contribution in [3.63, 3.8) is 0 Å². The Morgan fingerprint density at radius 2 is 2.15 bits per heavy atom. The number of ether oxygens (including phenoxy) is 1. The highest BCUT2D eigenvalue weighted by Gasteiger charge is 2.32. The Hall–Kier alpha value is -1.59. The van der Waals surface area contributed by atoms with Crippen LogP contribution in [0.2, 0.25) is 0 Å². The molecule has 1 saturated carbocycles. The van der Waals surface area contributed by atoms with Crippen LogP contribution in [0.3, 0.4) is 0 Å². The molecular weight excluding hydrogens is 252 g/mol. The molecule has 0 amide bonds. The average Bonchev–Trinajstić information content (AvgIpc) is 3.31. The van der Waals surface area contributed by atoms with Crippen LogP contribution in [0.1, 0.15) is 12.8 Å². The fraction of sp³-hybridized carbons (Fsp3) is 0.533. The Morgan fingerprint density at radius 3 is 2.90 bits per heavy atom. The molecule has 20 heavy (non-hydrogen) atoms. The minimum Gasteiger partial charge on any atom is -0.374 e. The summed E-state index contributed by atoms with van der Waals surface area (Å²) < 4.78 is 5.75. The van der Waals surface area contributed by atoms with Crippen LogP contribution in [-0.4, -0.2) is 49.2 Å². The number of aliphatic imine (C=N–C) groups is 1. The van der Waals surface area contributed by atoms with E-state index in [4.69, 9.17) is 10.5 Å². The first-order chi connectivity index (χ1) is 9.81. The number of hydrogen-bond donors (Lipinski definition) is 2. The molecule has 2 fully saturated rings. The van der Waals surface area contributed by atoms with Gasteiger partial charge in [-0.1, -0.05) is 18.2 Å². The lowest BCUT2D eigenvalue weighted by molar-refractivity contribution is -0.0258. The van der Waals surface area contributed by atoms with E-state index in [1.54, 1.807) is 0 Å². The van der Waals surface area contributed by atoms with E-state index in [0.29, 0.717) is 12.5 Å². The van der Waals surface area contributed by atoms with Crippen LogP contribution >= 0.6 is 0 Å². The highest BCUT2D eigenvalue weighted by Crippen LogP contribution is 2.28. The number of rotatable bonds is 4. The van der Waals surface area contributed by atoms with Gasteiger partial charge in [0.1, 0.15) is 0 Å². The fourth-order valence-electron chi connectivity index (χ4n) is 2.53. The Labute approximate surface area is 119 Å². The minimum atomic E-state index is 0.167. The van der Waals surface area contributed by atoms with Gasteiger partial charge >= 0.3 is 0 Å². The SMILES string of the molecule is NC(=NCC1CN(C2CC2)CCO1)Nc1ccccc1. The maximum Gasteiger partial charge on any atom is 0.193 e. The monoisotopic (exact) mass is 274 g/mol. The summed E-state index contributed by atoms with van der Waals surface area (Å²) in [4.78, 5) is 6.91. The van der Waals surface area contributed by atoms with Gasteiger partial charge in [0, 0.05) is 24.8 Å². The number of benzene rings is 1. The van der Waals surface area contributed by atoms with Crippen molar-refractivity contribution in [2.24, 2.45) is 10.7 Å². The van der Waals surface area contributed by atoms with Gasteiger partial charge < -0.3 is 15.8 Å². The molecule has 1 aromatic rings. The summed E-state index contributed by atoms with van der Waals surface area (Å²) in [6.45, 7) is 3.47. The second kappa shape index (κ2) is 6.24. The van der Waals surface area contributed by atoms with E-state index in [2.05, 4.69) is 15.2 Å². The standard InChI is InChI=1S/C15H22N4O/c16-15(18-12-4-2-1-3-5-12)17-10-14-11-19(8-9-20-14)13-6-7-13/h1-5,13-14H,6-11H2,(H3,16,17,18). The molecule has 108 valence electrons. The molecule has 1 heterocycles. The van der Waals surface area contributed by atoms with Gasteiger partial charge in [0.05, 0.1) is 19.3 Å². The van der Waals surface area contributed by atoms with Crippen molar-refractivity contribution in [2.45, 2.75) is 25.0 Å². The molecule has 1 aliphatic heterocycles. The van der Waals surface area contributed by atoms with Gasteiger partial charge in [0.25, 0.3) is 0 Å². The molecular formula is C15H22N4O. The van der Waals surface area contributed by atoms with Crippen LogP contribution in [0, 0.1) is 0 Å². The van der Waals surface area contributed by atoms with Crippen molar-refractivity contribution < 1.29 is 4.74 Å². The average molecular weight is 274 g/mol. The lowest BCUT2D eigenvalue weighted by atomic mass is 10.2. The van der Waals surface area contributed by atoms with Crippen LogP contribution in [0.25, 0.3) is 0 Å². The normalized spacial score (nSPS) is 24.6. The van der Waals surface area contributed by atoms with E-state index in [-0.39, 0.29) is 6.10 Å². The van der Waals surface area contributed by atoms with Crippen LogP contribution in [-0.2, 0) is 4.74 Å². The maximum atomic E-state index is 5.90. The third kappa shape index (κ3) is 3.71. The van der Waals surface area contributed by atoms with Gasteiger partial charge in [0.15, 0.2) is 5.96 Å². The summed E-state index contributed by atoms with van der Waals surface area (Å²) in [7, 11) is 0. The van der Waals surface area contributed by atoms with Crippen molar-refractivity contribution in [1.82, 2.24) is 4.90 Å². The highest BCUT2D eigenvalue weighted by atomic mass is 16.5. The number of para-hydroxylation sites is 1. The van der Waals surface area contributed by atoms with Crippen molar-refractivity contribution in [1.29, 1.82) is 0 Å². The van der Waals surface area contributed by atoms with E-state index in [0.717, 1.165) is 31.4 Å². The molecule has 2 aliphatic rings. The predicted molar refractivity (Wildman–Crippen MR) is 80.9 cm³/mol. The number of nitrogens with two attached hydrogens (primary N) is 1. The number of nitrogens with one attached hydrogen (secondary N) is 1. The molecule has 3 N–H and O–H groups in total. The second-order valence-electron chi connectivity index (χ2n) is 5.44. The summed E-state index contributed by atoms with van der Waals surface area (Å²) in [6, 6.07) is 10.6. The van der Waals surface area contributed by atoms with Crippen LogP contribution in [0.5, 0.6) is 0 Å². The first kappa shape index (κ1) is 13.4. The molecule has 1 aromatic carbocycles. The van der Waals surface area contributed by atoms with E-state index in [1.165, 1.54) is 12.8 Å². The summed E-state index contributed by atoms with van der Waals surface area (Å²) in [5.41, 5.74) is 6.86.